The minimum Gasteiger partial charge on any atom is -0.406 e. The number of nitrogens with zero attached hydrogens (tertiary/aromatic N) is 2. The van der Waals surface area contributed by atoms with Gasteiger partial charge < -0.3 is 15.4 Å². The van der Waals surface area contributed by atoms with Gasteiger partial charge in [0, 0.05) is 50.2 Å². The maximum Gasteiger partial charge on any atom is 0.573 e. The van der Waals surface area contributed by atoms with Gasteiger partial charge in [0.25, 0.3) is 0 Å². The lowest BCUT2D eigenvalue weighted by molar-refractivity contribution is -0.274. The molecule has 1 heterocycles. The zero-order chi connectivity index (χ0) is 24.2. The van der Waals surface area contributed by atoms with E-state index in [1.165, 1.54) is 24.1 Å². The van der Waals surface area contributed by atoms with Crippen molar-refractivity contribution in [2.24, 2.45) is 5.73 Å². The predicted molar refractivity (Wildman–Crippen MR) is 129 cm³/mol. The molecule has 1 saturated carbocycles. The van der Waals surface area contributed by atoms with Crippen molar-refractivity contribution in [1.82, 2.24) is 9.80 Å². The van der Waals surface area contributed by atoms with Gasteiger partial charge in [0.2, 0.25) is 0 Å². The third-order valence-electron chi connectivity index (χ3n) is 7.65. The second-order valence-corrected chi connectivity index (χ2v) is 9.89. The Morgan fingerprint density at radius 1 is 0.912 bits per heavy atom. The molecule has 0 amide bonds. The molecule has 0 radical (unpaired) electrons. The number of piperazine rings is 1. The van der Waals surface area contributed by atoms with E-state index in [0.717, 1.165) is 64.0 Å². The number of alkyl halides is 3. The van der Waals surface area contributed by atoms with Gasteiger partial charge in [0.05, 0.1) is 0 Å². The van der Waals surface area contributed by atoms with Gasteiger partial charge in [0.1, 0.15) is 5.75 Å². The number of ether oxygens (including phenoxy) is 1. The maximum atomic E-state index is 12.8. The maximum absolute atomic E-state index is 12.8. The molecule has 1 aliphatic carbocycles. The quantitative estimate of drug-likeness (QED) is 0.557. The second-order valence-electron chi connectivity index (χ2n) is 9.89. The highest BCUT2D eigenvalue weighted by Gasteiger charge is 2.39. The van der Waals surface area contributed by atoms with Crippen molar-refractivity contribution < 1.29 is 17.9 Å². The highest BCUT2D eigenvalue weighted by atomic mass is 19.4. The molecule has 4 rings (SSSR count). The summed E-state index contributed by atoms with van der Waals surface area (Å²) in [6.07, 6.45) is 0.381. The molecule has 2 atom stereocenters. The van der Waals surface area contributed by atoms with Crippen molar-refractivity contribution in [2.45, 2.75) is 62.9 Å². The first-order chi connectivity index (χ1) is 16.2. The lowest BCUT2D eigenvalue weighted by atomic mass is 9.70. The number of halogens is 3. The Morgan fingerprint density at radius 2 is 1.56 bits per heavy atom. The van der Waals surface area contributed by atoms with Gasteiger partial charge in [0.15, 0.2) is 0 Å². The molecule has 186 valence electrons. The number of rotatable bonds is 7. The number of nitrogens with two attached hydrogens (primary N) is 1. The van der Waals surface area contributed by atoms with Crippen LogP contribution in [-0.2, 0) is 0 Å². The summed E-state index contributed by atoms with van der Waals surface area (Å²) in [5.41, 5.74) is 8.73. The van der Waals surface area contributed by atoms with E-state index in [2.05, 4.69) is 45.7 Å². The molecule has 4 nitrogen and oxygen atoms in total. The summed E-state index contributed by atoms with van der Waals surface area (Å²) in [6, 6.07) is 17.3. The summed E-state index contributed by atoms with van der Waals surface area (Å²) < 4.78 is 42.7. The van der Waals surface area contributed by atoms with Gasteiger partial charge in [-0.25, -0.2) is 0 Å². The van der Waals surface area contributed by atoms with E-state index in [1.807, 2.05) is 12.1 Å². The van der Waals surface area contributed by atoms with Crippen molar-refractivity contribution in [1.29, 1.82) is 0 Å². The van der Waals surface area contributed by atoms with E-state index in [4.69, 9.17) is 5.73 Å². The molecule has 0 aromatic heterocycles. The number of hydrogen-bond donors (Lipinski definition) is 1. The van der Waals surface area contributed by atoms with Crippen LogP contribution in [0.5, 0.6) is 5.75 Å². The summed E-state index contributed by atoms with van der Waals surface area (Å²) in [6.45, 7) is 6.75. The molecule has 0 spiro atoms. The van der Waals surface area contributed by atoms with Crippen LogP contribution in [0.25, 0.3) is 0 Å². The van der Waals surface area contributed by atoms with Gasteiger partial charge in [-0.2, -0.15) is 0 Å². The number of benzene rings is 2. The fraction of sp³-hybridized carbons (Fsp3) is 0.556. The van der Waals surface area contributed by atoms with Crippen molar-refractivity contribution in [3.05, 3.63) is 65.7 Å². The molecule has 2 aromatic carbocycles. The van der Waals surface area contributed by atoms with Crippen LogP contribution in [0.3, 0.4) is 0 Å². The third kappa shape index (κ3) is 6.32. The molecule has 0 unspecified atom stereocenters. The SMILES string of the molecule is C[C@@H](c1ccccc1)N1CCN(C[C@H](c2cccc(OC(F)(F)F)c2)C2(N)CCCCC2)CC1. The standard InChI is InChI=1S/C27H36F3N3O/c1-21(22-9-4-2-5-10-22)33-17-15-32(16-18-33)20-25(26(31)13-6-3-7-14-26)23-11-8-12-24(19-23)34-27(28,29)30/h2,4-5,8-12,19,21,25H,3,6-7,13-18,20,31H2,1H3/t21-,25+/m0/s1. The first-order valence-electron chi connectivity index (χ1n) is 12.4. The zero-order valence-corrected chi connectivity index (χ0v) is 19.9. The largest absolute Gasteiger partial charge is 0.573 e. The summed E-state index contributed by atoms with van der Waals surface area (Å²) in [7, 11) is 0. The summed E-state index contributed by atoms with van der Waals surface area (Å²) in [5.74, 6) is -0.210. The lowest BCUT2D eigenvalue weighted by Crippen LogP contribution is -2.54. The van der Waals surface area contributed by atoms with Gasteiger partial charge in [-0.3, -0.25) is 4.90 Å². The van der Waals surface area contributed by atoms with E-state index >= 15 is 0 Å². The van der Waals surface area contributed by atoms with E-state index in [0.29, 0.717) is 6.04 Å². The topological polar surface area (TPSA) is 41.7 Å². The Balaban J connectivity index is 1.47. The van der Waals surface area contributed by atoms with Crippen LogP contribution in [0.2, 0.25) is 0 Å². The van der Waals surface area contributed by atoms with Crippen LogP contribution in [0.15, 0.2) is 54.6 Å². The van der Waals surface area contributed by atoms with Gasteiger partial charge in [-0.05, 0) is 43.0 Å². The van der Waals surface area contributed by atoms with Crippen molar-refractivity contribution >= 4 is 0 Å². The summed E-state index contributed by atoms with van der Waals surface area (Å²) in [5, 5.41) is 0. The lowest BCUT2D eigenvalue weighted by Gasteiger charge is -2.45. The predicted octanol–water partition coefficient (Wildman–Crippen LogP) is 5.71. The minimum absolute atomic E-state index is 0.0392. The fourth-order valence-electron chi connectivity index (χ4n) is 5.64. The molecule has 2 fully saturated rings. The van der Waals surface area contributed by atoms with Crippen molar-refractivity contribution in [3.63, 3.8) is 0 Å². The van der Waals surface area contributed by atoms with Crippen LogP contribution in [-0.4, -0.2) is 54.4 Å². The normalized spacial score (nSPS) is 21.7. The van der Waals surface area contributed by atoms with Crippen LogP contribution in [0.4, 0.5) is 13.2 Å². The Kier molecular flexibility index (Phi) is 7.85. The van der Waals surface area contributed by atoms with E-state index in [9.17, 15) is 13.2 Å². The van der Waals surface area contributed by atoms with E-state index in [1.54, 1.807) is 6.07 Å². The highest BCUT2D eigenvalue weighted by Crippen LogP contribution is 2.40. The molecule has 1 aliphatic heterocycles. The van der Waals surface area contributed by atoms with Crippen LogP contribution >= 0.6 is 0 Å². The van der Waals surface area contributed by atoms with Gasteiger partial charge in [-0.1, -0.05) is 61.7 Å². The van der Waals surface area contributed by atoms with Gasteiger partial charge in [-0.15, -0.1) is 13.2 Å². The highest BCUT2D eigenvalue weighted by molar-refractivity contribution is 5.34. The molecule has 2 N–H and O–H groups in total. The smallest absolute Gasteiger partial charge is 0.406 e. The van der Waals surface area contributed by atoms with Crippen molar-refractivity contribution in [3.8, 4) is 5.75 Å². The van der Waals surface area contributed by atoms with Crippen LogP contribution in [0, 0.1) is 0 Å². The minimum atomic E-state index is -4.70. The Labute approximate surface area is 200 Å². The third-order valence-corrected chi connectivity index (χ3v) is 7.65. The average molecular weight is 476 g/mol. The Morgan fingerprint density at radius 3 is 2.21 bits per heavy atom. The Hall–Kier alpha value is -2.09. The molecular formula is C27H36F3N3O. The first kappa shape index (κ1) is 25.0. The average Bonchev–Trinajstić information content (AvgIpc) is 2.82. The van der Waals surface area contributed by atoms with Crippen LogP contribution in [0.1, 0.15) is 62.1 Å². The summed E-state index contributed by atoms with van der Waals surface area (Å²) in [4.78, 5) is 4.93. The number of hydrogen-bond acceptors (Lipinski definition) is 4. The molecule has 1 saturated heterocycles. The molecule has 2 aromatic rings. The molecule has 7 heteroatoms. The second kappa shape index (κ2) is 10.7. The van der Waals surface area contributed by atoms with Crippen LogP contribution < -0.4 is 10.5 Å². The molecule has 34 heavy (non-hydrogen) atoms. The summed E-state index contributed by atoms with van der Waals surface area (Å²) >= 11 is 0. The monoisotopic (exact) mass is 475 g/mol. The Bertz CT molecular complexity index is 907. The molecule has 2 aliphatic rings. The van der Waals surface area contributed by atoms with Crippen molar-refractivity contribution in [2.75, 3.05) is 32.7 Å². The van der Waals surface area contributed by atoms with Gasteiger partial charge >= 0.3 is 6.36 Å². The molecular weight excluding hydrogens is 439 g/mol. The van der Waals surface area contributed by atoms with E-state index in [-0.39, 0.29) is 11.7 Å². The first-order valence-corrected chi connectivity index (χ1v) is 12.4. The fourth-order valence-corrected chi connectivity index (χ4v) is 5.64. The molecule has 0 bridgehead atoms. The van der Waals surface area contributed by atoms with E-state index < -0.39 is 11.9 Å². The zero-order valence-electron chi connectivity index (χ0n) is 19.9.